The molecule has 13 nitrogen and oxygen atoms in total. The minimum atomic E-state index is -1.16. The average Bonchev–Trinajstić information content (AvgIpc) is 3.93. The van der Waals surface area contributed by atoms with Gasteiger partial charge < -0.3 is 35.1 Å². The Labute approximate surface area is 441 Å². The SMILES string of the molecule is C/C=C\CCC(C(=O)NC)N(C)c1ccc(C2CC(Nc3nc4cc(CSN5CCC(Nc6cccc(-c7sc(C(=O)O)c(OCC=O)c7Cl)c6)CC5(C)C)ccc4o3)CC(C)(C)C2C)c2cccc(C=O)c12. The maximum Gasteiger partial charge on any atom is 0.349 e. The van der Waals surface area contributed by atoms with Gasteiger partial charge in [-0.15, -0.1) is 11.3 Å². The van der Waals surface area contributed by atoms with Gasteiger partial charge in [0.05, 0.1) is 4.88 Å². The quantitative estimate of drug-likeness (QED) is 0.0324. The van der Waals surface area contributed by atoms with Gasteiger partial charge in [0.15, 0.2) is 28.8 Å². The van der Waals surface area contributed by atoms with Gasteiger partial charge in [-0.25, -0.2) is 9.10 Å². The van der Waals surface area contributed by atoms with Gasteiger partial charge in [-0.1, -0.05) is 98.9 Å². The number of rotatable bonds is 20. The number of hydrogen-bond acceptors (Lipinski definition) is 13. The maximum absolute atomic E-state index is 13.2. The van der Waals surface area contributed by atoms with Crippen molar-refractivity contribution in [2.45, 2.75) is 115 Å². The third-order valence-electron chi connectivity index (χ3n) is 15.1. The van der Waals surface area contributed by atoms with Crippen LogP contribution in [0.4, 0.5) is 17.4 Å². The van der Waals surface area contributed by atoms with E-state index in [9.17, 15) is 24.3 Å². The van der Waals surface area contributed by atoms with Crippen molar-refractivity contribution in [3.8, 4) is 16.2 Å². The lowest BCUT2D eigenvalue weighted by molar-refractivity contribution is -0.122. The van der Waals surface area contributed by atoms with Crippen LogP contribution in [0, 0.1) is 11.3 Å². The van der Waals surface area contributed by atoms with Gasteiger partial charge in [-0.3, -0.25) is 14.4 Å². The van der Waals surface area contributed by atoms with Gasteiger partial charge >= 0.3 is 5.97 Å². The predicted molar refractivity (Wildman–Crippen MR) is 298 cm³/mol. The van der Waals surface area contributed by atoms with Crippen LogP contribution in [0.1, 0.15) is 117 Å². The molecule has 0 bridgehead atoms. The fourth-order valence-electron chi connectivity index (χ4n) is 11.0. The summed E-state index contributed by atoms with van der Waals surface area (Å²) in [5.74, 6) is 0.0573. The number of piperidine rings is 1. The van der Waals surface area contributed by atoms with E-state index < -0.39 is 12.0 Å². The van der Waals surface area contributed by atoms with E-state index in [0.717, 1.165) is 106 Å². The lowest BCUT2D eigenvalue weighted by atomic mass is 9.61. The second-order valence-corrected chi connectivity index (χ2v) is 23.1. The molecule has 2 aromatic heterocycles. The molecule has 1 amide bonds. The number of carboxylic acids is 1. The number of benzene rings is 4. The number of carbonyl (C=O) groups excluding carboxylic acids is 3. The smallest absolute Gasteiger partial charge is 0.349 e. The van der Waals surface area contributed by atoms with Crippen molar-refractivity contribution < 1.29 is 33.4 Å². The molecule has 73 heavy (non-hydrogen) atoms. The third kappa shape index (κ3) is 11.6. The first-order chi connectivity index (χ1) is 35.0. The number of aromatic nitrogens is 1. The Morgan fingerprint density at radius 1 is 1.05 bits per heavy atom. The Hall–Kier alpha value is -5.87. The normalized spacial score (nSPS) is 20.2. The molecular weight excluding hydrogens is 980 g/mol. The van der Waals surface area contributed by atoms with Crippen LogP contribution >= 0.6 is 34.9 Å². The van der Waals surface area contributed by atoms with Crippen molar-refractivity contribution in [1.29, 1.82) is 0 Å². The Morgan fingerprint density at radius 2 is 1.85 bits per heavy atom. The van der Waals surface area contributed by atoms with E-state index in [-0.39, 0.29) is 57.1 Å². The highest BCUT2D eigenvalue weighted by molar-refractivity contribution is 7.96. The largest absolute Gasteiger partial charge is 0.483 e. The molecule has 1 aliphatic carbocycles. The first kappa shape index (κ1) is 53.4. The van der Waals surface area contributed by atoms with Crippen molar-refractivity contribution in [2.24, 2.45) is 11.3 Å². The number of carboxylic acid groups (broad SMARTS) is 1. The average molecular weight is 1050 g/mol. The number of likely N-dealkylation sites (N-methyl/N-ethyl adjacent to an activating group) is 2. The van der Waals surface area contributed by atoms with Gasteiger partial charge in [0.25, 0.3) is 6.01 Å². The van der Waals surface area contributed by atoms with Crippen molar-refractivity contribution >= 4 is 98.6 Å². The van der Waals surface area contributed by atoms with Crippen LogP contribution < -0.4 is 25.6 Å². The molecule has 3 heterocycles. The molecule has 4 N–H and O–H groups in total. The van der Waals surface area contributed by atoms with E-state index in [0.29, 0.717) is 35.1 Å². The summed E-state index contributed by atoms with van der Waals surface area (Å²) >= 11 is 9.48. The fraction of sp³-hybridized carbons (Fsp3) is 0.421. The number of fused-ring (bicyclic) bond motifs is 2. The Kier molecular flexibility index (Phi) is 16.6. The molecule has 6 aromatic rings. The highest BCUT2D eigenvalue weighted by atomic mass is 35.5. The number of nitrogens with one attached hydrogen (secondary N) is 3. The number of ether oxygens (including phenoxy) is 1. The van der Waals surface area contributed by atoms with Gasteiger partial charge in [0, 0.05) is 66.3 Å². The molecule has 4 aromatic carbocycles. The standard InChI is InChI=1S/C57H67ClN6O7S2/c1-9-10-11-18-46(53(67)59-7)63(8)45-21-20-41(42-17-13-15-37(32-66)48(42)45)43-29-40(30-56(3,4)34(43)2)61-55-62-44-27-35(19-22-47(44)71-55)33-72-64-24-23-39(31-57(64,5)6)60-38-16-12-14-36(28-38)51-49(58)50(70-26-25-65)52(73-51)54(68)69/h9-10,12-17,19-22,25,27-28,32,34,39-40,43,46,60H,11,18,23-24,26,29-31,33H2,1-8H3,(H,59,67)(H,61,62)(H,68,69)/b10-9-. The second kappa shape index (κ2) is 22.7. The van der Waals surface area contributed by atoms with Crippen molar-refractivity contribution in [2.75, 3.05) is 42.8 Å². The number of halogens is 1. The highest BCUT2D eigenvalue weighted by Gasteiger charge is 2.42. The van der Waals surface area contributed by atoms with Crippen LogP contribution in [-0.4, -0.2) is 89.8 Å². The molecule has 2 aliphatic rings. The van der Waals surface area contributed by atoms with E-state index in [1.54, 1.807) is 7.05 Å². The Bertz CT molecular complexity index is 3020. The third-order valence-corrected chi connectivity index (χ3v) is 18.2. The van der Waals surface area contributed by atoms with Gasteiger partial charge in [0.2, 0.25) is 5.91 Å². The number of anilines is 3. The van der Waals surface area contributed by atoms with E-state index >= 15 is 0 Å². The summed E-state index contributed by atoms with van der Waals surface area (Å²) in [5, 5.41) is 22.1. The van der Waals surface area contributed by atoms with Crippen LogP contribution in [0.5, 0.6) is 5.75 Å². The topological polar surface area (TPSA) is 166 Å². The molecule has 1 saturated heterocycles. The van der Waals surface area contributed by atoms with Crippen LogP contribution in [0.15, 0.2) is 89.4 Å². The summed E-state index contributed by atoms with van der Waals surface area (Å²) < 4.78 is 14.3. The minimum absolute atomic E-state index is 0.0124. The number of allylic oxidation sites excluding steroid dienone is 2. The summed E-state index contributed by atoms with van der Waals surface area (Å²) in [4.78, 5) is 56.4. The zero-order valence-electron chi connectivity index (χ0n) is 42.9. The van der Waals surface area contributed by atoms with Gasteiger partial charge in [0.1, 0.15) is 23.2 Å². The molecule has 16 heteroatoms. The molecule has 1 aliphatic heterocycles. The van der Waals surface area contributed by atoms with Gasteiger partial charge in [-0.05, 0) is 129 Å². The first-order valence-corrected chi connectivity index (χ1v) is 27.2. The molecule has 0 radical (unpaired) electrons. The summed E-state index contributed by atoms with van der Waals surface area (Å²) in [5.41, 5.74) is 6.90. The lowest BCUT2D eigenvalue weighted by Crippen LogP contribution is -2.49. The zero-order valence-corrected chi connectivity index (χ0v) is 45.3. The van der Waals surface area contributed by atoms with Crippen LogP contribution in [0.3, 0.4) is 0 Å². The van der Waals surface area contributed by atoms with Crippen LogP contribution in [0.25, 0.3) is 32.3 Å². The van der Waals surface area contributed by atoms with E-state index in [1.807, 2.05) is 79.4 Å². The molecule has 5 unspecified atom stereocenters. The zero-order chi connectivity index (χ0) is 52.2. The van der Waals surface area contributed by atoms with Crippen LogP contribution in [-0.2, 0) is 15.3 Å². The predicted octanol–water partition coefficient (Wildman–Crippen LogP) is 12.9. The summed E-state index contributed by atoms with van der Waals surface area (Å²) in [6, 6.07) is 24.7. The Morgan fingerprint density at radius 3 is 2.58 bits per heavy atom. The number of hydrogen-bond donors (Lipinski definition) is 4. The fourth-order valence-corrected chi connectivity index (χ4v) is 13.6. The number of amides is 1. The van der Waals surface area contributed by atoms with Crippen molar-refractivity contribution in [3.63, 3.8) is 0 Å². The molecule has 1 saturated carbocycles. The minimum Gasteiger partial charge on any atom is -0.483 e. The maximum atomic E-state index is 13.2. The van der Waals surface area contributed by atoms with Crippen LogP contribution in [0.2, 0.25) is 5.02 Å². The number of carbonyl (C=O) groups is 4. The number of oxazole rings is 1. The molecule has 2 fully saturated rings. The van der Waals surface area contributed by atoms with Crippen molar-refractivity contribution in [1.82, 2.24) is 14.6 Å². The highest BCUT2D eigenvalue weighted by Crippen LogP contribution is 2.51. The molecular formula is C57H67ClN6O7S2. The van der Waals surface area contributed by atoms with E-state index in [4.69, 9.17) is 25.7 Å². The molecule has 0 spiro atoms. The molecule has 5 atom stereocenters. The van der Waals surface area contributed by atoms with Crippen molar-refractivity contribution in [3.05, 3.63) is 112 Å². The second-order valence-electron chi connectivity index (χ2n) is 20.7. The summed E-state index contributed by atoms with van der Waals surface area (Å²) in [6.45, 7) is 14.1. The number of nitrogens with zero attached hydrogens (tertiary/aromatic N) is 3. The molecule has 386 valence electrons. The summed E-state index contributed by atoms with van der Waals surface area (Å²) in [7, 11) is 3.62. The molecule has 8 rings (SSSR count). The summed E-state index contributed by atoms with van der Waals surface area (Å²) in [6.07, 6.45) is 10.6. The lowest BCUT2D eigenvalue weighted by Gasteiger charge is -2.46. The van der Waals surface area contributed by atoms with E-state index in [2.05, 4.69) is 91.3 Å². The Balaban J connectivity index is 0.928. The number of aldehydes is 2. The monoisotopic (exact) mass is 1050 g/mol. The first-order valence-electron chi connectivity index (χ1n) is 25.1. The van der Waals surface area contributed by atoms with E-state index in [1.165, 1.54) is 5.56 Å². The van der Waals surface area contributed by atoms with Gasteiger partial charge in [-0.2, -0.15) is 4.98 Å². The number of aromatic carboxylic acids is 1. The number of thiophene rings is 1.